The molecule has 0 saturated heterocycles. The highest BCUT2D eigenvalue weighted by molar-refractivity contribution is 6.02. The molecule has 0 spiro atoms. The Morgan fingerprint density at radius 1 is 1.28 bits per heavy atom. The van der Waals surface area contributed by atoms with Gasteiger partial charge in [0.25, 0.3) is 0 Å². The maximum atomic E-state index is 12.5. The molecule has 0 aliphatic heterocycles. The third-order valence-corrected chi connectivity index (χ3v) is 5.16. The van der Waals surface area contributed by atoms with Crippen LogP contribution in [0.3, 0.4) is 0 Å². The molecule has 1 aromatic carbocycles. The Kier molecular flexibility index (Phi) is 4.03. The molecule has 1 amide bonds. The molecule has 6 nitrogen and oxygen atoms in total. The number of carbonyl (C=O) groups excluding carboxylic acids is 1. The van der Waals surface area contributed by atoms with Gasteiger partial charge in [0.1, 0.15) is 17.5 Å². The molecule has 3 aromatic rings. The zero-order valence-electron chi connectivity index (χ0n) is 14.2. The molecule has 1 aliphatic carbocycles. The topological polar surface area (TPSA) is 77.1 Å². The lowest BCUT2D eigenvalue weighted by atomic mass is 9.86. The number of amides is 1. The van der Waals surface area contributed by atoms with Crippen LogP contribution >= 0.6 is 0 Å². The molecule has 2 atom stereocenters. The van der Waals surface area contributed by atoms with Crippen molar-refractivity contribution < 1.29 is 9.21 Å². The number of rotatable bonds is 3. The highest BCUT2D eigenvalue weighted by Crippen LogP contribution is 2.24. The Labute approximate surface area is 144 Å². The van der Waals surface area contributed by atoms with E-state index in [-0.39, 0.29) is 18.5 Å². The number of benzene rings is 1. The van der Waals surface area contributed by atoms with Crippen LogP contribution in [0.25, 0.3) is 21.9 Å². The van der Waals surface area contributed by atoms with Crippen LogP contribution in [0.15, 0.2) is 39.7 Å². The highest BCUT2D eigenvalue weighted by atomic mass is 16.4. The molecule has 1 fully saturated rings. The van der Waals surface area contributed by atoms with E-state index in [1.165, 1.54) is 12.6 Å². The van der Waals surface area contributed by atoms with E-state index < -0.39 is 5.63 Å². The van der Waals surface area contributed by atoms with Gasteiger partial charge in [-0.15, -0.1) is 0 Å². The standard InChI is InChI=1S/C19H21N3O3/c1-12-6-2-4-8-15(12)21-17(23)11-22-18-13-7-3-5-9-16(13)25-19(24)14(18)10-20-22/h3,5,7,9-10,12,15H,2,4,6,8,11H2,1H3,(H,21,23). The SMILES string of the molecule is CC1CCCCC1NC(=O)Cn1ncc2c(=O)oc3ccccc3c21. The molecule has 2 heterocycles. The van der Waals surface area contributed by atoms with Crippen molar-refractivity contribution in [3.8, 4) is 0 Å². The molecule has 1 saturated carbocycles. The van der Waals surface area contributed by atoms with Crippen LogP contribution in [0, 0.1) is 5.92 Å². The summed E-state index contributed by atoms with van der Waals surface area (Å²) in [5.41, 5.74) is 0.725. The van der Waals surface area contributed by atoms with Crippen LogP contribution in [-0.2, 0) is 11.3 Å². The molecule has 2 aromatic heterocycles. The number of fused-ring (bicyclic) bond motifs is 3. The predicted molar refractivity (Wildman–Crippen MR) is 95.3 cm³/mol. The molecular formula is C19H21N3O3. The van der Waals surface area contributed by atoms with Crippen molar-refractivity contribution >= 4 is 27.8 Å². The van der Waals surface area contributed by atoms with Gasteiger partial charge in [-0.1, -0.05) is 31.9 Å². The first kappa shape index (κ1) is 15.9. The third kappa shape index (κ3) is 2.92. The molecule has 25 heavy (non-hydrogen) atoms. The van der Waals surface area contributed by atoms with Gasteiger partial charge in [-0.05, 0) is 30.9 Å². The number of nitrogens with one attached hydrogen (secondary N) is 1. The molecule has 1 N–H and O–H groups in total. The van der Waals surface area contributed by atoms with Crippen LogP contribution in [0.2, 0.25) is 0 Å². The van der Waals surface area contributed by atoms with Crippen molar-refractivity contribution in [2.24, 2.45) is 5.92 Å². The van der Waals surface area contributed by atoms with E-state index >= 15 is 0 Å². The Hall–Kier alpha value is -2.63. The van der Waals surface area contributed by atoms with Crippen molar-refractivity contribution in [1.29, 1.82) is 0 Å². The third-order valence-electron chi connectivity index (χ3n) is 5.16. The second kappa shape index (κ2) is 6.35. The summed E-state index contributed by atoms with van der Waals surface area (Å²) in [6.45, 7) is 2.28. The van der Waals surface area contributed by atoms with Gasteiger partial charge >= 0.3 is 5.63 Å². The second-order valence-electron chi connectivity index (χ2n) is 6.89. The molecule has 2 unspecified atom stereocenters. The zero-order chi connectivity index (χ0) is 17.4. The number of para-hydroxylation sites is 1. The van der Waals surface area contributed by atoms with E-state index in [1.807, 2.05) is 18.2 Å². The molecule has 130 valence electrons. The average Bonchev–Trinajstić information content (AvgIpc) is 3.02. The highest BCUT2D eigenvalue weighted by Gasteiger charge is 2.23. The molecular weight excluding hydrogens is 318 g/mol. The van der Waals surface area contributed by atoms with Crippen molar-refractivity contribution in [2.75, 3.05) is 0 Å². The number of carbonyl (C=O) groups is 1. The van der Waals surface area contributed by atoms with E-state index in [2.05, 4.69) is 17.3 Å². The monoisotopic (exact) mass is 339 g/mol. The maximum Gasteiger partial charge on any atom is 0.347 e. The first-order valence-corrected chi connectivity index (χ1v) is 8.80. The molecule has 0 bridgehead atoms. The first-order valence-electron chi connectivity index (χ1n) is 8.80. The normalized spacial score (nSPS) is 20.8. The largest absolute Gasteiger partial charge is 0.422 e. The lowest BCUT2D eigenvalue weighted by Crippen LogP contribution is -2.42. The lowest BCUT2D eigenvalue weighted by molar-refractivity contribution is -0.123. The van der Waals surface area contributed by atoms with Gasteiger partial charge in [-0.25, -0.2) is 4.79 Å². The predicted octanol–water partition coefficient (Wildman–Crippen LogP) is 2.84. The molecule has 0 radical (unpaired) electrons. The van der Waals surface area contributed by atoms with Gasteiger partial charge in [0.15, 0.2) is 0 Å². The summed E-state index contributed by atoms with van der Waals surface area (Å²) in [5.74, 6) is 0.431. The van der Waals surface area contributed by atoms with Gasteiger partial charge in [0, 0.05) is 11.4 Å². The summed E-state index contributed by atoms with van der Waals surface area (Å²) >= 11 is 0. The molecule has 4 rings (SSSR count). The van der Waals surface area contributed by atoms with E-state index in [1.54, 1.807) is 10.7 Å². The summed E-state index contributed by atoms with van der Waals surface area (Å²) in [6, 6.07) is 7.54. The van der Waals surface area contributed by atoms with E-state index in [4.69, 9.17) is 4.42 Å². The minimum absolute atomic E-state index is 0.0685. The van der Waals surface area contributed by atoms with Gasteiger partial charge in [0.2, 0.25) is 5.91 Å². The molecule has 6 heteroatoms. The van der Waals surface area contributed by atoms with Crippen molar-refractivity contribution in [2.45, 2.75) is 45.2 Å². The van der Waals surface area contributed by atoms with Crippen molar-refractivity contribution in [3.05, 3.63) is 40.9 Å². The Bertz CT molecular complexity index is 988. The minimum Gasteiger partial charge on any atom is -0.422 e. The maximum absolute atomic E-state index is 12.5. The zero-order valence-corrected chi connectivity index (χ0v) is 14.2. The van der Waals surface area contributed by atoms with Crippen LogP contribution in [0.5, 0.6) is 0 Å². The van der Waals surface area contributed by atoms with Crippen LogP contribution in [-0.4, -0.2) is 21.7 Å². The van der Waals surface area contributed by atoms with Crippen molar-refractivity contribution in [1.82, 2.24) is 15.1 Å². The van der Waals surface area contributed by atoms with Gasteiger partial charge in [0.05, 0.1) is 11.7 Å². The number of hydrogen-bond acceptors (Lipinski definition) is 4. The fourth-order valence-electron chi connectivity index (χ4n) is 3.76. The van der Waals surface area contributed by atoms with Crippen LogP contribution in [0.1, 0.15) is 32.6 Å². The first-order chi connectivity index (χ1) is 12.1. The summed E-state index contributed by atoms with van der Waals surface area (Å²) < 4.78 is 6.91. The van der Waals surface area contributed by atoms with Crippen LogP contribution in [0.4, 0.5) is 0 Å². The fourth-order valence-corrected chi connectivity index (χ4v) is 3.76. The van der Waals surface area contributed by atoms with Gasteiger partial charge in [-0.2, -0.15) is 5.10 Å². The number of nitrogens with zero attached hydrogens (tertiary/aromatic N) is 2. The number of hydrogen-bond donors (Lipinski definition) is 1. The van der Waals surface area contributed by atoms with Crippen LogP contribution < -0.4 is 10.9 Å². The minimum atomic E-state index is -0.429. The molecule has 1 aliphatic rings. The van der Waals surface area contributed by atoms with E-state index in [0.29, 0.717) is 22.4 Å². The summed E-state index contributed by atoms with van der Waals surface area (Å²) in [6.07, 6.45) is 6.05. The number of aromatic nitrogens is 2. The summed E-state index contributed by atoms with van der Waals surface area (Å²) in [7, 11) is 0. The van der Waals surface area contributed by atoms with Gasteiger partial charge < -0.3 is 9.73 Å². The van der Waals surface area contributed by atoms with Gasteiger partial charge in [-0.3, -0.25) is 9.48 Å². The quantitative estimate of drug-likeness (QED) is 0.744. The van der Waals surface area contributed by atoms with Crippen molar-refractivity contribution in [3.63, 3.8) is 0 Å². The average molecular weight is 339 g/mol. The lowest BCUT2D eigenvalue weighted by Gasteiger charge is -2.29. The Balaban J connectivity index is 1.65. The Morgan fingerprint density at radius 3 is 2.92 bits per heavy atom. The summed E-state index contributed by atoms with van der Waals surface area (Å²) in [5, 5.41) is 8.57. The summed E-state index contributed by atoms with van der Waals surface area (Å²) in [4.78, 5) is 24.6. The smallest absolute Gasteiger partial charge is 0.347 e. The van der Waals surface area contributed by atoms with E-state index in [9.17, 15) is 9.59 Å². The van der Waals surface area contributed by atoms with E-state index in [0.717, 1.165) is 24.6 Å². The fraction of sp³-hybridized carbons (Fsp3) is 0.421. The second-order valence-corrected chi connectivity index (χ2v) is 6.89. The Morgan fingerprint density at radius 2 is 2.08 bits per heavy atom.